The summed E-state index contributed by atoms with van der Waals surface area (Å²) in [6, 6.07) is 1.28. The van der Waals surface area contributed by atoms with Gasteiger partial charge in [0, 0.05) is 0 Å². The Morgan fingerprint density at radius 1 is 1.14 bits per heavy atom. The highest BCUT2D eigenvalue weighted by atomic mass is 127. The van der Waals surface area contributed by atoms with E-state index in [-0.39, 0.29) is 0 Å². The fourth-order valence-corrected chi connectivity index (χ4v) is 1.16. The van der Waals surface area contributed by atoms with Crippen LogP contribution in [0.2, 0.25) is 0 Å². The lowest BCUT2D eigenvalue weighted by Gasteiger charge is -2.10. The number of hydrogen-bond donors (Lipinski definition) is 0. The summed E-state index contributed by atoms with van der Waals surface area (Å²) in [6.45, 7) is 0. The molecule has 0 fully saturated rings. The molecule has 0 unspecified atom stereocenters. The van der Waals surface area contributed by atoms with Gasteiger partial charge in [-0.3, -0.25) is 0 Å². The van der Waals surface area contributed by atoms with Crippen LogP contribution in [0.1, 0.15) is 0 Å². The molecule has 1 nitrogen and oxygen atoms in total. The fraction of sp³-hybridized carbons (Fsp3) is 0.143. The van der Waals surface area contributed by atoms with Gasteiger partial charge in [-0.05, 0) is 34.7 Å². The van der Waals surface area contributed by atoms with Crippen molar-refractivity contribution < 1.29 is 26.7 Å². The number of ether oxygens (including phenoxy) is 1. The van der Waals surface area contributed by atoms with Crippen molar-refractivity contribution in [1.29, 1.82) is 0 Å². The highest BCUT2D eigenvalue weighted by Gasteiger charge is 2.33. The lowest BCUT2D eigenvalue weighted by Crippen LogP contribution is -2.18. The molecule has 0 radical (unpaired) electrons. The molecule has 0 N–H and O–H groups in total. The topological polar surface area (TPSA) is 9.23 Å². The first-order chi connectivity index (χ1) is 6.31. The normalized spacial score (nSPS) is 11.6. The Morgan fingerprint density at radius 3 is 2.21 bits per heavy atom. The monoisotopic (exact) mass is 324 g/mol. The van der Waals surface area contributed by atoms with Gasteiger partial charge in [0.1, 0.15) is 5.82 Å². The van der Waals surface area contributed by atoms with Crippen LogP contribution in [0, 0.1) is 15.2 Å². The largest absolute Gasteiger partial charge is 0.573 e. The van der Waals surface area contributed by atoms with Crippen LogP contribution in [0.4, 0.5) is 22.0 Å². The molecule has 0 aliphatic heterocycles. The minimum atomic E-state index is -4.98. The molecule has 0 spiro atoms. The standard InChI is InChI=1S/C7H2F5IO/c8-3-1-2-4(5(9)6(3)13)14-7(10,11)12/h1-2H. The van der Waals surface area contributed by atoms with Crippen molar-refractivity contribution in [2.75, 3.05) is 0 Å². The minimum Gasteiger partial charge on any atom is -0.403 e. The zero-order valence-corrected chi connectivity index (χ0v) is 8.49. The molecule has 1 aromatic rings. The third-order valence-electron chi connectivity index (χ3n) is 1.23. The molecule has 1 aromatic carbocycles. The van der Waals surface area contributed by atoms with Crippen LogP contribution >= 0.6 is 22.6 Å². The quantitative estimate of drug-likeness (QED) is 0.437. The van der Waals surface area contributed by atoms with E-state index >= 15 is 0 Å². The van der Waals surface area contributed by atoms with E-state index in [4.69, 9.17) is 0 Å². The predicted octanol–water partition coefficient (Wildman–Crippen LogP) is 3.47. The van der Waals surface area contributed by atoms with Gasteiger partial charge < -0.3 is 4.74 Å². The van der Waals surface area contributed by atoms with Gasteiger partial charge in [0.25, 0.3) is 0 Å². The second kappa shape index (κ2) is 3.87. The summed E-state index contributed by atoms with van der Waals surface area (Å²) in [6.07, 6.45) is -4.98. The number of halogens is 6. The molecule has 1 rings (SSSR count). The molecular formula is C7H2F5IO. The SMILES string of the molecule is Fc1ccc(OC(F)(F)F)c(F)c1I. The summed E-state index contributed by atoms with van der Waals surface area (Å²) in [5.74, 6) is -3.33. The number of rotatable bonds is 1. The maximum absolute atomic E-state index is 12.9. The Labute approximate surface area is 89.0 Å². The Morgan fingerprint density at radius 2 is 1.71 bits per heavy atom. The van der Waals surface area contributed by atoms with Crippen molar-refractivity contribution in [3.8, 4) is 5.75 Å². The lowest BCUT2D eigenvalue weighted by molar-refractivity contribution is -0.275. The van der Waals surface area contributed by atoms with Crippen LogP contribution in [0.5, 0.6) is 5.75 Å². The third kappa shape index (κ3) is 2.69. The summed E-state index contributed by atoms with van der Waals surface area (Å²) in [7, 11) is 0. The van der Waals surface area contributed by atoms with Crippen molar-refractivity contribution in [1.82, 2.24) is 0 Å². The van der Waals surface area contributed by atoms with Gasteiger partial charge in [-0.2, -0.15) is 0 Å². The second-order valence-corrected chi connectivity index (χ2v) is 3.30. The van der Waals surface area contributed by atoms with Crippen LogP contribution < -0.4 is 4.74 Å². The van der Waals surface area contributed by atoms with Gasteiger partial charge >= 0.3 is 6.36 Å². The number of alkyl halides is 3. The second-order valence-electron chi connectivity index (χ2n) is 2.22. The minimum absolute atomic E-state index is 0.538. The molecule has 0 saturated heterocycles. The van der Waals surface area contributed by atoms with Crippen molar-refractivity contribution >= 4 is 22.6 Å². The van der Waals surface area contributed by atoms with Crippen LogP contribution in [-0.2, 0) is 0 Å². The molecule has 0 heterocycles. The van der Waals surface area contributed by atoms with E-state index in [0.29, 0.717) is 12.1 Å². The lowest BCUT2D eigenvalue weighted by atomic mass is 10.3. The Kier molecular flexibility index (Phi) is 3.17. The molecule has 78 valence electrons. The Hall–Kier alpha value is -0.600. The zero-order valence-electron chi connectivity index (χ0n) is 6.33. The molecule has 0 atom stereocenters. The van der Waals surface area contributed by atoms with E-state index in [1.54, 1.807) is 0 Å². The van der Waals surface area contributed by atoms with E-state index < -0.39 is 27.3 Å². The van der Waals surface area contributed by atoms with Gasteiger partial charge in [-0.25, -0.2) is 8.78 Å². The van der Waals surface area contributed by atoms with Crippen LogP contribution in [-0.4, -0.2) is 6.36 Å². The maximum Gasteiger partial charge on any atom is 0.573 e. The maximum atomic E-state index is 12.9. The first-order valence-electron chi connectivity index (χ1n) is 3.20. The van der Waals surface area contributed by atoms with Gasteiger partial charge in [-0.15, -0.1) is 13.2 Å². The molecule has 7 heteroatoms. The van der Waals surface area contributed by atoms with Gasteiger partial charge in [-0.1, -0.05) is 0 Å². The molecule has 0 aliphatic rings. The summed E-state index contributed by atoms with van der Waals surface area (Å²) in [5.41, 5.74) is 0. The molecular weight excluding hydrogens is 322 g/mol. The number of hydrogen-bond acceptors (Lipinski definition) is 1. The number of benzene rings is 1. The van der Waals surface area contributed by atoms with Crippen molar-refractivity contribution in [2.24, 2.45) is 0 Å². The van der Waals surface area contributed by atoms with E-state index in [0.717, 1.165) is 0 Å². The van der Waals surface area contributed by atoms with Crippen molar-refractivity contribution in [2.45, 2.75) is 6.36 Å². The summed E-state index contributed by atoms with van der Waals surface area (Å²) >= 11 is 1.25. The molecule has 0 bridgehead atoms. The molecule has 14 heavy (non-hydrogen) atoms. The molecule has 0 saturated carbocycles. The van der Waals surface area contributed by atoms with E-state index in [9.17, 15) is 22.0 Å². The van der Waals surface area contributed by atoms with Crippen LogP contribution in [0.3, 0.4) is 0 Å². The van der Waals surface area contributed by atoms with Gasteiger partial charge in [0.2, 0.25) is 0 Å². The van der Waals surface area contributed by atoms with E-state index in [1.807, 2.05) is 0 Å². The first-order valence-corrected chi connectivity index (χ1v) is 4.28. The smallest absolute Gasteiger partial charge is 0.403 e. The van der Waals surface area contributed by atoms with Crippen LogP contribution in [0.15, 0.2) is 12.1 Å². The summed E-state index contributed by atoms with van der Waals surface area (Å²) in [5, 5.41) is 0. The molecule has 0 amide bonds. The molecule has 0 aromatic heterocycles. The van der Waals surface area contributed by atoms with Crippen molar-refractivity contribution in [3.63, 3.8) is 0 Å². The summed E-state index contributed by atoms with van der Waals surface area (Å²) in [4.78, 5) is 0. The predicted molar refractivity (Wildman–Crippen MR) is 45.8 cm³/mol. The Bertz CT molecular complexity index is 349. The average molecular weight is 324 g/mol. The molecule has 0 aliphatic carbocycles. The summed E-state index contributed by atoms with van der Waals surface area (Å²) < 4.78 is 63.3. The van der Waals surface area contributed by atoms with Gasteiger partial charge in [0.15, 0.2) is 11.6 Å². The first kappa shape index (κ1) is 11.5. The van der Waals surface area contributed by atoms with Crippen molar-refractivity contribution in [3.05, 3.63) is 27.3 Å². The zero-order chi connectivity index (χ0) is 10.9. The fourth-order valence-electron chi connectivity index (χ4n) is 0.712. The highest BCUT2D eigenvalue weighted by Crippen LogP contribution is 2.29. The Balaban J connectivity index is 3.06. The van der Waals surface area contributed by atoms with E-state index in [1.165, 1.54) is 22.6 Å². The third-order valence-corrected chi connectivity index (χ3v) is 2.21. The highest BCUT2D eigenvalue weighted by molar-refractivity contribution is 14.1. The van der Waals surface area contributed by atoms with Crippen LogP contribution in [0.25, 0.3) is 0 Å². The van der Waals surface area contributed by atoms with Gasteiger partial charge in [0.05, 0.1) is 3.57 Å². The average Bonchev–Trinajstić information content (AvgIpc) is 2.04. The van der Waals surface area contributed by atoms with E-state index in [2.05, 4.69) is 4.74 Å².